The minimum Gasteiger partial charge on any atom is -0.195 e. The molecule has 1 aliphatic heterocycles. The number of hydrogen-bond donors (Lipinski definition) is 0. The van der Waals surface area contributed by atoms with Crippen LogP contribution in [0.25, 0.3) is 0 Å². The van der Waals surface area contributed by atoms with Crippen LogP contribution >= 0.6 is 11.8 Å². The zero-order valence-electron chi connectivity index (χ0n) is 6.12. The van der Waals surface area contributed by atoms with E-state index in [1.165, 1.54) is 0 Å². The zero-order chi connectivity index (χ0) is 8.32. The van der Waals surface area contributed by atoms with E-state index in [0.29, 0.717) is 0 Å². The van der Waals surface area contributed by atoms with Crippen LogP contribution in [0.5, 0.6) is 0 Å². The van der Waals surface area contributed by atoms with Crippen molar-refractivity contribution in [1.29, 1.82) is 0 Å². The van der Waals surface area contributed by atoms with E-state index >= 15 is 0 Å². The SMILES string of the molecule is O=S(=O)(F)CC1CCSCC1. The van der Waals surface area contributed by atoms with Gasteiger partial charge < -0.3 is 0 Å². The Morgan fingerprint density at radius 1 is 1.36 bits per heavy atom. The van der Waals surface area contributed by atoms with Crippen LogP contribution in [0.4, 0.5) is 3.89 Å². The second-order valence-electron chi connectivity index (χ2n) is 2.76. The van der Waals surface area contributed by atoms with Crippen molar-refractivity contribution < 1.29 is 12.3 Å². The lowest BCUT2D eigenvalue weighted by molar-refractivity contribution is 0.498. The van der Waals surface area contributed by atoms with E-state index in [2.05, 4.69) is 0 Å². The summed E-state index contributed by atoms with van der Waals surface area (Å²) in [5.74, 6) is 1.74. The molecule has 0 aromatic rings. The molecular weight excluding hydrogens is 187 g/mol. The van der Waals surface area contributed by atoms with Crippen molar-refractivity contribution in [3.8, 4) is 0 Å². The highest BCUT2D eigenvalue weighted by Gasteiger charge is 2.20. The molecule has 1 rings (SSSR count). The first-order valence-corrected chi connectivity index (χ1v) is 6.29. The molecule has 1 saturated heterocycles. The van der Waals surface area contributed by atoms with Crippen molar-refractivity contribution in [3.63, 3.8) is 0 Å². The topological polar surface area (TPSA) is 34.1 Å². The van der Waals surface area contributed by atoms with Crippen LogP contribution in [0.15, 0.2) is 0 Å². The molecule has 0 aromatic carbocycles. The molecule has 1 heterocycles. The van der Waals surface area contributed by atoms with Crippen molar-refractivity contribution in [1.82, 2.24) is 0 Å². The highest BCUT2D eigenvalue weighted by atomic mass is 32.3. The summed E-state index contributed by atoms with van der Waals surface area (Å²) in [6.07, 6.45) is 1.68. The molecule has 0 spiro atoms. The quantitative estimate of drug-likeness (QED) is 0.629. The summed E-state index contributed by atoms with van der Waals surface area (Å²) < 4.78 is 32.6. The average molecular weight is 198 g/mol. The molecular formula is C6H11FO2S2. The Balaban J connectivity index is 2.36. The zero-order valence-corrected chi connectivity index (χ0v) is 7.76. The maximum absolute atomic E-state index is 12.1. The van der Waals surface area contributed by atoms with E-state index in [4.69, 9.17) is 0 Å². The fraction of sp³-hybridized carbons (Fsp3) is 1.00. The molecule has 0 saturated carbocycles. The fourth-order valence-electron chi connectivity index (χ4n) is 1.19. The smallest absolute Gasteiger partial charge is 0.195 e. The van der Waals surface area contributed by atoms with Gasteiger partial charge in [0.05, 0.1) is 5.75 Å². The third-order valence-corrected chi connectivity index (χ3v) is 3.69. The van der Waals surface area contributed by atoms with E-state index in [9.17, 15) is 12.3 Å². The normalized spacial score (nSPS) is 21.9. The lowest BCUT2D eigenvalue weighted by atomic mass is 10.1. The first-order chi connectivity index (χ1) is 5.08. The van der Waals surface area contributed by atoms with Gasteiger partial charge in [-0.1, -0.05) is 0 Å². The third-order valence-electron chi connectivity index (χ3n) is 1.78. The van der Waals surface area contributed by atoms with Crippen LogP contribution in [0, 0.1) is 5.92 Å². The van der Waals surface area contributed by atoms with Crippen molar-refractivity contribution in [2.75, 3.05) is 17.3 Å². The molecule has 0 unspecified atom stereocenters. The van der Waals surface area contributed by atoms with Gasteiger partial charge in [-0.15, -0.1) is 3.89 Å². The predicted octanol–water partition coefficient (Wildman–Crippen LogP) is 1.43. The summed E-state index contributed by atoms with van der Waals surface area (Å²) in [6, 6.07) is 0. The van der Waals surface area contributed by atoms with Crippen LogP contribution < -0.4 is 0 Å². The maximum atomic E-state index is 12.1. The molecule has 1 aliphatic rings. The van der Waals surface area contributed by atoms with Crippen LogP contribution in [0.3, 0.4) is 0 Å². The van der Waals surface area contributed by atoms with Crippen LogP contribution in [-0.4, -0.2) is 25.7 Å². The van der Waals surface area contributed by atoms with Crippen LogP contribution in [0.2, 0.25) is 0 Å². The molecule has 66 valence electrons. The average Bonchev–Trinajstić information content (AvgIpc) is 1.85. The molecule has 0 bridgehead atoms. The van der Waals surface area contributed by atoms with Gasteiger partial charge in [0.25, 0.3) is 0 Å². The summed E-state index contributed by atoms with van der Waals surface area (Å²) in [7, 11) is -4.23. The van der Waals surface area contributed by atoms with Gasteiger partial charge in [-0.3, -0.25) is 0 Å². The summed E-state index contributed by atoms with van der Waals surface area (Å²) in [6.45, 7) is 0. The highest BCUT2D eigenvalue weighted by molar-refractivity contribution is 7.99. The highest BCUT2D eigenvalue weighted by Crippen LogP contribution is 2.24. The second kappa shape index (κ2) is 3.76. The first-order valence-electron chi connectivity index (χ1n) is 3.58. The lowest BCUT2D eigenvalue weighted by Crippen LogP contribution is -2.17. The molecule has 0 N–H and O–H groups in total. The van der Waals surface area contributed by atoms with Gasteiger partial charge in [0.2, 0.25) is 0 Å². The van der Waals surface area contributed by atoms with E-state index < -0.39 is 10.2 Å². The molecule has 0 radical (unpaired) electrons. The third kappa shape index (κ3) is 3.96. The van der Waals surface area contributed by atoms with E-state index in [-0.39, 0.29) is 11.7 Å². The van der Waals surface area contributed by atoms with Gasteiger partial charge in [0, 0.05) is 0 Å². The van der Waals surface area contributed by atoms with E-state index in [1.54, 1.807) is 0 Å². The molecule has 5 heteroatoms. The Kier molecular flexibility index (Phi) is 3.18. The van der Waals surface area contributed by atoms with Crippen molar-refractivity contribution in [3.05, 3.63) is 0 Å². The molecule has 0 amide bonds. The second-order valence-corrected chi connectivity index (χ2v) is 5.40. The fourth-order valence-corrected chi connectivity index (χ4v) is 3.30. The van der Waals surface area contributed by atoms with Gasteiger partial charge in [-0.05, 0) is 30.3 Å². The molecule has 0 aromatic heterocycles. The Morgan fingerprint density at radius 3 is 2.36 bits per heavy atom. The molecule has 0 aliphatic carbocycles. The Labute approximate surface area is 70.8 Å². The Hall–Kier alpha value is 0.230. The molecule has 11 heavy (non-hydrogen) atoms. The minimum absolute atomic E-state index is 0.0613. The van der Waals surface area contributed by atoms with Gasteiger partial charge in [0.1, 0.15) is 0 Å². The number of hydrogen-bond acceptors (Lipinski definition) is 3. The number of halogens is 1. The monoisotopic (exact) mass is 198 g/mol. The summed E-state index contributed by atoms with van der Waals surface area (Å²) >= 11 is 1.81. The lowest BCUT2D eigenvalue weighted by Gasteiger charge is -2.18. The Bertz CT molecular complexity index is 207. The number of rotatable bonds is 2. The van der Waals surface area contributed by atoms with Gasteiger partial charge >= 0.3 is 10.2 Å². The van der Waals surface area contributed by atoms with E-state index in [0.717, 1.165) is 24.3 Å². The standard InChI is InChI=1S/C6H11FO2S2/c7-11(8,9)5-6-1-3-10-4-2-6/h6H,1-5H2. The Morgan fingerprint density at radius 2 is 1.91 bits per heavy atom. The summed E-state index contributed by atoms with van der Waals surface area (Å²) in [5, 5.41) is 0. The first kappa shape index (κ1) is 9.32. The van der Waals surface area contributed by atoms with Crippen LogP contribution in [0.1, 0.15) is 12.8 Å². The van der Waals surface area contributed by atoms with Gasteiger partial charge in [-0.25, -0.2) is 0 Å². The van der Waals surface area contributed by atoms with Crippen LogP contribution in [-0.2, 0) is 10.2 Å². The maximum Gasteiger partial charge on any atom is 0.302 e. The molecule has 2 nitrogen and oxygen atoms in total. The number of thioether (sulfide) groups is 1. The summed E-state index contributed by atoms with van der Waals surface area (Å²) in [4.78, 5) is 0. The van der Waals surface area contributed by atoms with E-state index in [1.807, 2.05) is 11.8 Å². The molecule has 0 atom stereocenters. The van der Waals surface area contributed by atoms with Gasteiger partial charge in [0.15, 0.2) is 0 Å². The summed E-state index contributed by atoms with van der Waals surface area (Å²) in [5.41, 5.74) is 0. The largest absolute Gasteiger partial charge is 0.302 e. The minimum atomic E-state index is -4.23. The van der Waals surface area contributed by atoms with Gasteiger partial charge in [-0.2, -0.15) is 20.2 Å². The van der Waals surface area contributed by atoms with Crippen molar-refractivity contribution >= 4 is 22.0 Å². The van der Waals surface area contributed by atoms with Crippen molar-refractivity contribution in [2.24, 2.45) is 5.92 Å². The predicted molar refractivity (Wildman–Crippen MR) is 44.9 cm³/mol. The molecule has 1 fully saturated rings. The van der Waals surface area contributed by atoms with Crippen molar-refractivity contribution in [2.45, 2.75) is 12.8 Å².